The second kappa shape index (κ2) is 7.07. The predicted molar refractivity (Wildman–Crippen MR) is 76.7 cm³/mol. The average molecular weight is 288 g/mol. The van der Waals surface area contributed by atoms with Crippen LogP contribution in [0.2, 0.25) is 0 Å². The lowest BCUT2D eigenvalue weighted by Gasteiger charge is -2.16. The summed E-state index contributed by atoms with van der Waals surface area (Å²) >= 11 is 0. The molecule has 5 nitrogen and oxygen atoms in total. The molecule has 0 amide bonds. The van der Waals surface area contributed by atoms with Crippen LogP contribution in [0, 0.1) is 0 Å². The summed E-state index contributed by atoms with van der Waals surface area (Å²) in [6, 6.07) is 2.34. The Hall–Kier alpha value is -0.850. The van der Waals surface area contributed by atoms with Crippen molar-refractivity contribution in [2.45, 2.75) is 33.0 Å². The van der Waals surface area contributed by atoms with Gasteiger partial charge in [-0.3, -0.25) is 0 Å². The van der Waals surface area contributed by atoms with Crippen LogP contribution in [0.1, 0.15) is 25.2 Å². The smallest absolute Gasteiger partial charge is 0.148 e. The fourth-order valence-electron chi connectivity index (χ4n) is 1.65. The molecule has 0 spiro atoms. The summed E-state index contributed by atoms with van der Waals surface area (Å²) in [6.07, 6.45) is 2.94. The molecule has 0 aromatic carbocycles. The number of hydrogen-bond donors (Lipinski definition) is 1. The first-order valence-electron chi connectivity index (χ1n) is 6.43. The molecule has 1 N–H and O–H groups in total. The molecule has 6 heteroatoms. The normalized spacial score (nSPS) is 12.5. The quantitative estimate of drug-likeness (QED) is 0.780. The van der Waals surface area contributed by atoms with Crippen molar-refractivity contribution >= 4 is 9.84 Å². The first kappa shape index (κ1) is 16.2. The SMILES string of the molecule is CC(C)NCc1occc1CN(C)CCS(C)(=O)=O. The molecule has 0 saturated carbocycles. The van der Waals surface area contributed by atoms with Gasteiger partial charge in [0.25, 0.3) is 0 Å². The van der Waals surface area contributed by atoms with Crippen molar-refractivity contribution in [2.24, 2.45) is 0 Å². The minimum Gasteiger partial charge on any atom is -0.468 e. The van der Waals surface area contributed by atoms with E-state index in [1.807, 2.05) is 18.0 Å². The molecule has 0 bridgehead atoms. The third kappa shape index (κ3) is 6.75. The molecule has 1 aromatic rings. The number of hydrogen-bond acceptors (Lipinski definition) is 5. The van der Waals surface area contributed by atoms with Gasteiger partial charge in [0.15, 0.2) is 0 Å². The Kier molecular flexibility index (Phi) is 6.03. The Morgan fingerprint density at radius 2 is 2.11 bits per heavy atom. The Bertz CT molecular complexity index is 480. The van der Waals surface area contributed by atoms with Gasteiger partial charge in [0, 0.05) is 31.0 Å². The summed E-state index contributed by atoms with van der Waals surface area (Å²) in [5.41, 5.74) is 1.10. The van der Waals surface area contributed by atoms with Gasteiger partial charge in [-0.25, -0.2) is 8.42 Å². The fraction of sp³-hybridized carbons (Fsp3) is 0.692. The molecule has 0 atom stereocenters. The van der Waals surface area contributed by atoms with E-state index in [-0.39, 0.29) is 5.75 Å². The lowest BCUT2D eigenvalue weighted by molar-refractivity contribution is 0.340. The van der Waals surface area contributed by atoms with Crippen LogP contribution in [0.15, 0.2) is 16.7 Å². The van der Waals surface area contributed by atoms with E-state index in [2.05, 4.69) is 19.2 Å². The van der Waals surface area contributed by atoms with E-state index in [9.17, 15) is 8.42 Å². The number of nitrogens with one attached hydrogen (secondary N) is 1. The Morgan fingerprint density at radius 1 is 1.42 bits per heavy atom. The third-order valence-electron chi connectivity index (χ3n) is 2.79. The molecule has 110 valence electrons. The van der Waals surface area contributed by atoms with Crippen LogP contribution in [-0.4, -0.2) is 45.0 Å². The maximum Gasteiger partial charge on any atom is 0.148 e. The first-order chi connectivity index (χ1) is 8.78. The van der Waals surface area contributed by atoms with Gasteiger partial charge in [0.2, 0.25) is 0 Å². The highest BCUT2D eigenvalue weighted by Crippen LogP contribution is 2.12. The van der Waals surface area contributed by atoms with Gasteiger partial charge in [0.1, 0.15) is 15.6 Å². The summed E-state index contributed by atoms with van der Waals surface area (Å²) in [5, 5.41) is 3.31. The summed E-state index contributed by atoms with van der Waals surface area (Å²) in [4.78, 5) is 1.99. The van der Waals surface area contributed by atoms with Gasteiger partial charge in [0.05, 0.1) is 18.6 Å². The van der Waals surface area contributed by atoms with Gasteiger partial charge in [-0.05, 0) is 13.1 Å². The Balaban J connectivity index is 2.50. The maximum absolute atomic E-state index is 11.1. The molecule has 1 aromatic heterocycles. The van der Waals surface area contributed by atoms with Gasteiger partial charge < -0.3 is 14.6 Å². The topological polar surface area (TPSA) is 62.6 Å². The highest BCUT2D eigenvalue weighted by atomic mass is 32.2. The van der Waals surface area contributed by atoms with Gasteiger partial charge in [-0.15, -0.1) is 0 Å². The number of rotatable bonds is 8. The number of furan rings is 1. The molecule has 0 unspecified atom stereocenters. The number of nitrogens with zero attached hydrogens (tertiary/aromatic N) is 1. The molecule has 19 heavy (non-hydrogen) atoms. The molecule has 0 aliphatic carbocycles. The first-order valence-corrected chi connectivity index (χ1v) is 8.49. The predicted octanol–water partition coefficient (Wildman–Crippen LogP) is 1.25. The van der Waals surface area contributed by atoms with Crippen LogP contribution in [0.25, 0.3) is 0 Å². The largest absolute Gasteiger partial charge is 0.468 e. The van der Waals surface area contributed by atoms with Crippen LogP contribution >= 0.6 is 0 Å². The van der Waals surface area contributed by atoms with E-state index in [1.54, 1.807) is 6.26 Å². The van der Waals surface area contributed by atoms with Crippen LogP contribution in [-0.2, 0) is 22.9 Å². The molecular weight excluding hydrogens is 264 g/mol. The second-order valence-corrected chi connectivity index (χ2v) is 7.53. The zero-order chi connectivity index (χ0) is 14.5. The van der Waals surface area contributed by atoms with Crippen LogP contribution in [0.3, 0.4) is 0 Å². The van der Waals surface area contributed by atoms with Crippen molar-refractivity contribution < 1.29 is 12.8 Å². The van der Waals surface area contributed by atoms with E-state index in [1.165, 1.54) is 6.26 Å². The highest BCUT2D eigenvalue weighted by molar-refractivity contribution is 7.90. The van der Waals surface area contributed by atoms with Crippen LogP contribution in [0.4, 0.5) is 0 Å². The molecule has 0 aliphatic heterocycles. The van der Waals surface area contributed by atoms with E-state index < -0.39 is 9.84 Å². The molecule has 0 fully saturated rings. The summed E-state index contributed by atoms with van der Waals surface area (Å²) in [7, 11) is -0.993. The minimum atomic E-state index is -2.91. The Morgan fingerprint density at radius 3 is 2.68 bits per heavy atom. The van der Waals surface area contributed by atoms with Crippen LogP contribution < -0.4 is 5.32 Å². The Labute approximate surface area is 115 Å². The van der Waals surface area contributed by atoms with E-state index in [0.717, 1.165) is 11.3 Å². The van der Waals surface area contributed by atoms with Crippen molar-refractivity contribution in [1.82, 2.24) is 10.2 Å². The van der Waals surface area contributed by atoms with Gasteiger partial charge in [-0.1, -0.05) is 13.8 Å². The standard InChI is InChI=1S/C13H24N2O3S/c1-11(2)14-9-13-12(5-7-18-13)10-15(3)6-8-19(4,16)17/h5,7,11,14H,6,8-10H2,1-4H3. The van der Waals surface area contributed by atoms with Crippen molar-refractivity contribution in [3.05, 3.63) is 23.7 Å². The van der Waals surface area contributed by atoms with Crippen molar-refractivity contribution in [3.8, 4) is 0 Å². The lowest BCUT2D eigenvalue weighted by atomic mass is 10.2. The average Bonchev–Trinajstić information content (AvgIpc) is 2.70. The lowest BCUT2D eigenvalue weighted by Crippen LogP contribution is -2.26. The molecule has 1 rings (SSSR count). The van der Waals surface area contributed by atoms with E-state index in [0.29, 0.717) is 25.7 Å². The second-order valence-electron chi connectivity index (χ2n) is 5.27. The van der Waals surface area contributed by atoms with E-state index in [4.69, 9.17) is 4.42 Å². The van der Waals surface area contributed by atoms with Crippen LogP contribution in [0.5, 0.6) is 0 Å². The minimum absolute atomic E-state index is 0.181. The molecule has 0 aliphatic rings. The molecule has 1 heterocycles. The van der Waals surface area contributed by atoms with E-state index >= 15 is 0 Å². The highest BCUT2D eigenvalue weighted by Gasteiger charge is 2.11. The monoisotopic (exact) mass is 288 g/mol. The zero-order valence-electron chi connectivity index (χ0n) is 12.1. The summed E-state index contributed by atoms with van der Waals surface area (Å²) in [6.45, 7) is 6.09. The molecule has 0 saturated heterocycles. The zero-order valence-corrected chi connectivity index (χ0v) is 13.0. The van der Waals surface area contributed by atoms with Crippen molar-refractivity contribution in [1.29, 1.82) is 0 Å². The molecular formula is C13H24N2O3S. The third-order valence-corrected chi connectivity index (χ3v) is 3.72. The number of sulfone groups is 1. The summed E-state index contributed by atoms with van der Waals surface area (Å²) < 4.78 is 27.7. The summed E-state index contributed by atoms with van der Waals surface area (Å²) in [5.74, 6) is 1.10. The van der Waals surface area contributed by atoms with Gasteiger partial charge >= 0.3 is 0 Å². The van der Waals surface area contributed by atoms with Crippen molar-refractivity contribution in [2.75, 3.05) is 25.6 Å². The molecule has 0 radical (unpaired) electrons. The van der Waals surface area contributed by atoms with Crippen molar-refractivity contribution in [3.63, 3.8) is 0 Å². The fourth-order valence-corrected chi connectivity index (χ4v) is 2.29. The van der Waals surface area contributed by atoms with Gasteiger partial charge in [-0.2, -0.15) is 0 Å². The maximum atomic E-state index is 11.1.